The van der Waals surface area contributed by atoms with E-state index in [1.54, 1.807) is 4.90 Å². The number of hydrogen-bond donors (Lipinski definition) is 2. The molecule has 3 N–H and O–H groups in total. The molecule has 1 rings (SSSR count). The number of hydrogen-bond acceptors (Lipinski definition) is 2. The normalized spacial score (nSPS) is 21.3. The van der Waals surface area contributed by atoms with Crippen molar-refractivity contribution in [3.8, 4) is 0 Å². The van der Waals surface area contributed by atoms with Crippen LogP contribution in [0.25, 0.3) is 0 Å². The average molecular weight is 223 g/mol. The number of piperidine rings is 1. The minimum atomic E-state index is -4.40. The Balaban J connectivity index is 2.54. The van der Waals surface area contributed by atoms with E-state index in [9.17, 15) is 13.2 Å². The van der Waals surface area contributed by atoms with Crippen LogP contribution in [0, 0.1) is 11.3 Å². The summed E-state index contributed by atoms with van der Waals surface area (Å²) in [5, 5.41) is 6.96. The van der Waals surface area contributed by atoms with Crippen LogP contribution in [0.2, 0.25) is 0 Å². The molecule has 15 heavy (non-hydrogen) atoms. The highest BCUT2D eigenvalue weighted by molar-refractivity contribution is 5.80. The molecule has 0 aromatic rings. The Labute approximate surface area is 86.9 Å². The summed E-state index contributed by atoms with van der Waals surface area (Å²) in [4.78, 5) is 1.74. The highest BCUT2D eigenvalue weighted by Crippen LogP contribution is 2.27. The number of nitrogens with two attached hydrogens (primary N) is 1. The number of amidine groups is 1. The first kappa shape index (κ1) is 12.3. The summed E-state index contributed by atoms with van der Waals surface area (Å²) in [6, 6.07) is 0. The molecule has 0 aromatic heterocycles. The SMILES string of the molecule is N=C(N)C(CN1CCCCC1)C(F)(F)F. The van der Waals surface area contributed by atoms with E-state index in [2.05, 4.69) is 0 Å². The highest BCUT2D eigenvalue weighted by Gasteiger charge is 2.42. The maximum Gasteiger partial charge on any atom is 0.399 e. The first-order valence-electron chi connectivity index (χ1n) is 5.04. The molecule has 1 aliphatic heterocycles. The largest absolute Gasteiger partial charge is 0.399 e. The predicted molar refractivity (Wildman–Crippen MR) is 51.8 cm³/mol. The monoisotopic (exact) mass is 223 g/mol. The second-order valence-electron chi connectivity index (χ2n) is 3.91. The van der Waals surface area contributed by atoms with Crippen LogP contribution in [0.4, 0.5) is 13.2 Å². The van der Waals surface area contributed by atoms with E-state index in [1.807, 2.05) is 0 Å². The van der Waals surface area contributed by atoms with Gasteiger partial charge in [0.25, 0.3) is 0 Å². The van der Waals surface area contributed by atoms with Gasteiger partial charge in [-0.05, 0) is 25.9 Å². The molecule has 1 aliphatic rings. The van der Waals surface area contributed by atoms with E-state index in [0.717, 1.165) is 19.3 Å². The average Bonchev–Trinajstić information content (AvgIpc) is 2.13. The van der Waals surface area contributed by atoms with Crippen LogP contribution >= 0.6 is 0 Å². The van der Waals surface area contributed by atoms with E-state index in [0.29, 0.717) is 13.1 Å². The molecule has 0 bridgehead atoms. The first-order chi connectivity index (χ1) is 6.91. The molecule has 3 nitrogen and oxygen atoms in total. The van der Waals surface area contributed by atoms with Crippen LogP contribution in [0.3, 0.4) is 0 Å². The van der Waals surface area contributed by atoms with Crippen molar-refractivity contribution in [2.75, 3.05) is 19.6 Å². The lowest BCUT2D eigenvalue weighted by atomic mass is 10.0. The second-order valence-corrected chi connectivity index (χ2v) is 3.91. The van der Waals surface area contributed by atoms with Crippen molar-refractivity contribution in [3.05, 3.63) is 0 Å². The Morgan fingerprint density at radius 3 is 2.20 bits per heavy atom. The van der Waals surface area contributed by atoms with Gasteiger partial charge in [0.1, 0.15) is 11.8 Å². The summed E-state index contributed by atoms with van der Waals surface area (Å²) < 4.78 is 37.4. The van der Waals surface area contributed by atoms with Gasteiger partial charge in [0.2, 0.25) is 0 Å². The maximum absolute atomic E-state index is 12.5. The quantitative estimate of drug-likeness (QED) is 0.564. The third kappa shape index (κ3) is 3.70. The van der Waals surface area contributed by atoms with Gasteiger partial charge in [0, 0.05) is 6.54 Å². The molecular formula is C9H16F3N3. The van der Waals surface area contributed by atoms with Gasteiger partial charge in [0.05, 0.1) is 0 Å². The summed E-state index contributed by atoms with van der Waals surface area (Å²) in [6.45, 7) is 1.19. The molecule has 0 radical (unpaired) electrons. The number of alkyl halides is 3. The van der Waals surface area contributed by atoms with Crippen molar-refractivity contribution >= 4 is 5.84 Å². The second kappa shape index (κ2) is 4.83. The van der Waals surface area contributed by atoms with Crippen molar-refractivity contribution in [1.82, 2.24) is 4.90 Å². The number of nitrogens with one attached hydrogen (secondary N) is 1. The van der Waals surface area contributed by atoms with E-state index < -0.39 is 17.9 Å². The van der Waals surface area contributed by atoms with Crippen molar-refractivity contribution in [3.63, 3.8) is 0 Å². The smallest absolute Gasteiger partial charge is 0.387 e. The topological polar surface area (TPSA) is 53.1 Å². The molecule has 0 amide bonds. The van der Waals surface area contributed by atoms with Crippen LogP contribution in [-0.4, -0.2) is 36.5 Å². The summed E-state index contributed by atoms with van der Waals surface area (Å²) in [7, 11) is 0. The van der Waals surface area contributed by atoms with E-state index in [4.69, 9.17) is 11.1 Å². The van der Waals surface area contributed by atoms with Gasteiger partial charge in [-0.3, -0.25) is 5.41 Å². The summed E-state index contributed by atoms with van der Waals surface area (Å²) in [5.41, 5.74) is 4.98. The van der Waals surface area contributed by atoms with Gasteiger partial charge in [-0.25, -0.2) is 0 Å². The summed E-state index contributed by atoms with van der Waals surface area (Å²) in [6.07, 6.45) is -1.46. The van der Waals surface area contributed by atoms with Gasteiger partial charge >= 0.3 is 6.18 Å². The van der Waals surface area contributed by atoms with Gasteiger partial charge in [-0.2, -0.15) is 13.2 Å². The third-order valence-corrected chi connectivity index (χ3v) is 2.66. The molecule has 0 aromatic carbocycles. The number of nitrogens with zero attached hydrogens (tertiary/aromatic N) is 1. The molecule has 1 fully saturated rings. The van der Waals surface area contributed by atoms with Crippen LogP contribution in [0.15, 0.2) is 0 Å². The molecule has 1 saturated heterocycles. The van der Waals surface area contributed by atoms with Gasteiger partial charge < -0.3 is 10.6 Å². The van der Waals surface area contributed by atoms with E-state index in [1.165, 1.54) is 0 Å². The zero-order valence-electron chi connectivity index (χ0n) is 8.48. The Kier molecular flexibility index (Phi) is 3.96. The number of halogens is 3. The van der Waals surface area contributed by atoms with Gasteiger partial charge in [0.15, 0.2) is 0 Å². The number of rotatable bonds is 3. The Hall–Kier alpha value is -0.780. The Bertz CT molecular complexity index is 221. The fourth-order valence-corrected chi connectivity index (χ4v) is 1.78. The van der Waals surface area contributed by atoms with Crippen LogP contribution in [-0.2, 0) is 0 Å². The molecule has 1 atom stereocenters. The van der Waals surface area contributed by atoms with Crippen LogP contribution in [0.5, 0.6) is 0 Å². The fraction of sp³-hybridized carbons (Fsp3) is 0.889. The summed E-state index contributed by atoms with van der Waals surface area (Å²) >= 11 is 0. The van der Waals surface area contributed by atoms with Crippen LogP contribution < -0.4 is 5.73 Å². The predicted octanol–water partition coefficient (Wildman–Crippen LogP) is 1.59. The Morgan fingerprint density at radius 2 is 1.80 bits per heavy atom. The minimum Gasteiger partial charge on any atom is -0.387 e. The van der Waals surface area contributed by atoms with Crippen LogP contribution in [0.1, 0.15) is 19.3 Å². The minimum absolute atomic E-state index is 0.168. The standard InChI is InChI=1S/C9H16F3N3/c10-9(11,12)7(8(13)14)6-15-4-2-1-3-5-15/h7H,1-6H2,(H3,13,14). The van der Waals surface area contributed by atoms with Gasteiger partial charge in [-0.15, -0.1) is 0 Å². The van der Waals surface area contributed by atoms with E-state index in [-0.39, 0.29) is 6.54 Å². The number of likely N-dealkylation sites (tertiary alicyclic amines) is 1. The van der Waals surface area contributed by atoms with Crippen molar-refractivity contribution in [1.29, 1.82) is 5.41 Å². The maximum atomic E-state index is 12.5. The molecule has 88 valence electrons. The zero-order valence-corrected chi connectivity index (χ0v) is 8.48. The Morgan fingerprint density at radius 1 is 1.27 bits per heavy atom. The third-order valence-electron chi connectivity index (χ3n) is 2.66. The van der Waals surface area contributed by atoms with Gasteiger partial charge in [-0.1, -0.05) is 6.42 Å². The van der Waals surface area contributed by atoms with E-state index >= 15 is 0 Å². The molecule has 1 heterocycles. The molecule has 0 spiro atoms. The molecule has 1 unspecified atom stereocenters. The highest BCUT2D eigenvalue weighted by atomic mass is 19.4. The van der Waals surface area contributed by atoms with Crippen molar-refractivity contribution < 1.29 is 13.2 Å². The lowest BCUT2D eigenvalue weighted by Crippen LogP contribution is -2.45. The van der Waals surface area contributed by atoms with Crippen molar-refractivity contribution in [2.24, 2.45) is 11.7 Å². The lowest BCUT2D eigenvalue weighted by molar-refractivity contribution is -0.160. The van der Waals surface area contributed by atoms with Crippen molar-refractivity contribution in [2.45, 2.75) is 25.4 Å². The molecular weight excluding hydrogens is 207 g/mol. The molecule has 0 saturated carbocycles. The molecule has 0 aliphatic carbocycles. The fourth-order valence-electron chi connectivity index (χ4n) is 1.78. The summed E-state index contributed by atoms with van der Waals surface area (Å²) in [5.74, 6) is -2.59. The first-order valence-corrected chi connectivity index (χ1v) is 5.04. The molecule has 6 heteroatoms. The lowest BCUT2D eigenvalue weighted by Gasteiger charge is -2.30. The zero-order chi connectivity index (χ0) is 11.5.